The normalized spacial score (nSPS) is 12.6. The largest absolute Gasteiger partial charge is 0.484 e. The number of anilines is 2. The van der Waals surface area contributed by atoms with Gasteiger partial charge < -0.3 is 20.3 Å². The van der Waals surface area contributed by atoms with E-state index in [0.717, 1.165) is 35.6 Å². The Morgan fingerprint density at radius 3 is 2.44 bits per heavy atom. The number of aryl methyl sites for hydroxylation is 2. The lowest BCUT2D eigenvalue weighted by atomic mass is 10.1. The second-order valence-corrected chi connectivity index (χ2v) is 8.50. The molecule has 184 valence electrons. The smallest absolute Gasteiger partial charge is 0.259 e. The number of aldehydes is 1. The SMILES string of the molecule is Cc1ccc(NC(=O)c2cc(C)cc(OCC=O)c2NC(=O)c2ccc(C3=NCCN3C)cc2)nc1. The van der Waals surface area contributed by atoms with Gasteiger partial charge in [-0.1, -0.05) is 18.2 Å². The molecule has 0 saturated heterocycles. The highest BCUT2D eigenvalue weighted by Crippen LogP contribution is 2.32. The van der Waals surface area contributed by atoms with E-state index in [1.807, 2.05) is 32.2 Å². The van der Waals surface area contributed by atoms with Crippen molar-refractivity contribution in [2.75, 3.05) is 37.4 Å². The Hall–Kier alpha value is -4.53. The van der Waals surface area contributed by atoms with Gasteiger partial charge in [-0.15, -0.1) is 0 Å². The number of likely N-dealkylation sites (N-methyl/N-ethyl adjacent to an activating group) is 1. The van der Waals surface area contributed by atoms with Crippen LogP contribution in [0.4, 0.5) is 11.5 Å². The lowest BCUT2D eigenvalue weighted by molar-refractivity contribution is -0.109. The van der Waals surface area contributed by atoms with Gasteiger partial charge in [0.2, 0.25) is 0 Å². The lowest BCUT2D eigenvalue weighted by Crippen LogP contribution is -2.23. The Morgan fingerprint density at radius 1 is 1.03 bits per heavy atom. The standard InChI is InChI=1S/C27H27N5O4/c1-17-4-9-23(29-16-17)30-27(35)21-14-18(2)15-22(36-13-12-33)24(21)31-26(34)20-7-5-19(6-8-20)25-28-10-11-32(25)3/h4-9,12,14-16H,10-11,13H2,1-3H3,(H,31,34)(H,29,30,35). The predicted octanol–water partition coefficient (Wildman–Crippen LogP) is 3.47. The molecule has 2 aromatic carbocycles. The molecular weight excluding hydrogens is 458 g/mol. The summed E-state index contributed by atoms with van der Waals surface area (Å²) in [5.74, 6) is 0.574. The number of amidine groups is 1. The van der Waals surface area contributed by atoms with Crippen LogP contribution in [0.3, 0.4) is 0 Å². The third-order valence-corrected chi connectivity index (χ3v) is 5.65. The third-order valence-electron chi connectivity index (χ3n) is 5.65. The van der Waals surface area contributed by atoms with Crippen molar-refractivity contribution >= 4 is 35.4 Å². The number of pyridine rings is 1. The summed E-state index contributed by atoms with van der Waals surface area (Å²) in [4.78, 5) is 48.1. The van der Waals surface area contributed by atoms with E-state index < -0.39 is 11.8 Å². The molecule has 2 amide bonds. The Labute approximate surface area is 209 Å². The molecule has 0 fully saturated rings. The minimum atomic E-state index is -0.473. The Balaban J connectivity index is 1.63. The van der Waals surface area contributed by atoms with Crippen molar-refractivity contribution in [3.05, 3.63) is 82.5 Å². The van der Waals surface area contributed by atoms with E-state index in [9.17, 15) is 14.4 Å². The molecule has 1 aliphatic heterocycles. The molecule has 0 bridgehead atoms. The molecule has 3 aromatic rings. The topological polar surface area (TPSA) is 113 Å². The number of carbonyl (C=O) groups excluding carboxylic acids is 3. The van der Waals surface area contributed by atoms with Gasteiger partial charge in [0.05, 0.1) is 17.8 Å². The number of nitrogens with zero attached hydrogens (tertiary/aromatic N) is 3. The number of hydrogen-bond acceptors (Lipinski definition) is 7. The van der Waals surface area contributed by atoms with Gasteiger partial charge in [0.1, 0.15) is 24.0 Å². The summed E-state index contributed by atoms with van der Waals surface area (Å²) in [6, 6.07) is 13.9. The molecule has 9 nitrogen and oxygen atoms in total. The molecule has 0 atom stereocenters. The minimum Gasteiger partial charge on any atom is -0.484 e. The average molecular weight is 486 g/mol. The second-order valence-electron chi connectivity index (χ2n) is 8.50. The monoisotopic (exact) mass is 485 g/mol. The van der Waals surface area contributed by atoms with Crippen LogP contribution in [-0.2, 0) is 4.79 Å². The number of benzene rings is 2. The van der Waals surface area contributed by atoms with Gasteiger partial charge in [0.15, 0.2) is 6.29 Å². The van der Waals surface area contributed by atoms with E-state index in [4.69, 9.17) is 4.74 Å². The molecule has 36 heavy (non-hydrogen) atoms. The van der Waals surface area contributed by atoms with E-state index >= 15 is 0 Å². The van der Waals surface area contributed by atoms with Crippen LogP contribution in [0.15, 0.2) is 59.7 Å². The van der Waals surface area contributed by atoms with Gasteiger partial charge in [-0.3, -0.25) is 19.4 Å². The number of aliphatic imine (C=N–C) groups is 1. The quantitative estimate of drug-likeness (QED) is 0.473. The summed E-state index contributed by atoms with van der Waals surface area (Å²) in [5.41, 5.74) is 3.35. The number of ether oxygens (including phenoxy) is 1. The van der Waals surface area contributed by atoms with Gasteiger partial charge in [0.25, 0.3) is 11.8 Å². The fourth-order valence-corrected chi connectivity index (χ4v) is 3.82. The maximum atomic E-state index is 13.2. The third kappa shape index (κ3) is 5.57. The van der Waals surface area contributed by atoms with Crippen molar-refractivity contribution in [1.29, 1.82) is 0 Å². The maximum Gasteiger partial charge on any atom is 0.259 e. The van der Waals surface area contributed by atoms with Crippen molar-refractivity contribution < 1.29 is 19.1 Å². The summed E-state index contributed by atoms with van der Waals surface area (Å²) in [5, 5.41) is 5.55. The van der Waals surface area contributed by atoms with Gasteiger partial charge in [-0.25, -0.2) is 4.98 Å². The Morgan fingerprint density at radius 2 is 1.81 bits per heavy atom. The van der Waals surface area contributed by atoms with Crippen molar-refractivity contribution in [2.24, 2.45) is 4.99 Å². The minimum absolute atomic E-state index is 0.168. The molecular formula is C27H27N5O4. The van der Waals surface area contributed by atoms with E-state index in [1.165, 1.54) is 0 Å². The molecule has 0 radical (unpaired) electrons. The molecule has 9 heteroatoms. The molecule has 2 N–H and O–H groups in total. The molecule has 1 aliphatic rings. The highest BCUT2D eigenvalue weighted by Gasteiger charge is 2.21. The zero-order chi connectivity index (χ0) is 25.7. The first-order valence-corrected chi connectivity index (χ1v) is 11.5. The summed E-state index contributed by atoms with van der Waals surface area (Å²) in [6.07, 6.45) is 2.25. The Bertz CT molecular complexity index is 1320. The number of amides is 2. The van der Waals surface area contributed by atoms with E-state index in [2.05, 4.69) is 25.5 Å². The number of rotatable bonds is 8. The summed E-state index contributed by atoms with van der Waals surface area (Å²) in [6.45, 7) is 5.07. The molecule has 0 saturated carbocycles. The summed E-state index contributed by atoms with van der Waals surface area (Å²) < 4.78 is 5.56. The highest BCUT2D eigenvalue weighted by molar-refractivity contribution is 6.13. The van der Waals surface area contributed by atoms with Gasteiger partial charge >= 0.3 is 0 Å². The predicted molar refractivity (Wildman–Crippen MR) is 138 cm³/mol. The molecule has 0 aliphatic carbocycles. The molecule has 0 unspecified atom stereocenters. The van der Waals surface area contributed by atoms with Gasteiger partial charge in [-0.05, 0) is 55.3 Å². The number of aromatic nitrogens is 1. The van der Waals surface area contributed by atoms with Gasteiger partial charge in [-0.2, -0.15) is 0 Å². The van der Waals surface area contributed by atoms with Crippen molar-refractivity contribution in [3.63, 3.8) is 0 Å². The van der Waals surface area contributed by atoms with Crippen molar-refractivity contribution in [3.8, 4) is 5.75 Å². The first-order valence-electron chi connectivity index (χ1n) is 11.5. The molecule has 2 heterocycles. The van der Waals surface area contributed by atoms with E-state index in [0.29, 0.717) is 17.7 Å². The summed E-state index contributed by atoms with van der Waals surface area (Å²) in [7, 11) is 1.98. The van der Waals surface area contributed by atoms with Crippen LogP contribution in [-0.4, -0.2) is 60.6 Å². The average Bonchev–Trinajstić information content (AvgIpc) is 3.31. The first-order chi connectivity index (χ1) is 17.4. The van der Waals surface area contributed by atoms with Crippen molar-refractivity contribution in [1.82, 2.24) is 9.88 Å². The molecule has 1 aromatic heterocycles. The number of carbonyl (C=O) groups is 3. The fraction of sp³-hybridized carbons (Fsp3) is 0.222. The van der Waals surface area contributed by atoms with Crippen LogP contribution in [0.2, 0.25) is 0 Å². The zero-order valence-corrected chi connectivity index (χ0v) is 20.4. The second kappa shape index (κ2) is 10.8. The first kappa shape index (κ1) is 24.6. The van der Waals surface area contributed by atoms with Crippen LogP contribution in [0.1, 0.15) is 37.4 Å². The van der Waals surface area contributed by atoms with Crippen LogP contribution in [0.25, 0.3) is 0 Å². The van der Waals surface area contributed by atoms with Crippen LogP contribution in [0, 0.1) is 13.8 Å². The van der Waals surface area contributed by atoms with Crippen LogP contribution < -0.4 is 15.4 Å². The zero-order valence-electron chi connectivity index (χ0n) is 20.4. The number of nitrogens with one attached hydrogen (secondary N) is 2. The summed E-state index contributed by atoms with van der Waals surface area (Å²) >= 11 is 0. The van der Waals surface area contributed by atoms with Gasteiger partial charge in [0, 0.05) is 30.9 Å². The fourth-order valence-electron chi connectivity index (χ4n) is 3.82. The lowest BCUT2D eigenvalue weighted by Gasteiger charge is -2.17. The van der Waals surface area contributed by atoms with Crippen molar-refractivity contribution in [2.45, 2.75) is 13.8 Å². The van der Waals surface area contributed by atoms with E-state index in [1.54, 1.807) is 43.5 Å². The highest BCUT2D eigenvalue weighted by atomic mass is 16.5. The number of hydrogen-bond donors (Lipinski definition) is 2. The molecule has 0 spiro atoms. The van der Waals surface area contributed by atoms with E-state index in [-0.39, 0.29) is 23.6 Å². The van der Waals surface area contributed by atoms with Crippen LogP contribution in [0.5, 0.6) is 5.75 Å². The molecule has 4 rings (SSSR count). The maximum absolute atomic E-state index is 13.2. The van der Waals surface area contributed by atoms with Crippen LogP contribution >= 0.6 is 0 Å². The Kier molecular flexibility index (Phi) is 7.39.